The number of aromatic nitrogens is 2. The van der Waals surface area contributed by atoms with Crippen LogP contribution in [-0.2, 0) is 13.0 Å². The summed E-state index contributed by atoms with van der Waals surface area (Å²) >= 11 is 0. The number of amides is 2. The van der Waals surface area contributed by atoms with Crippen LogP contribution in [0.4, 0.5) is 0 Å². The maximum absolute atomic E-state index is 13.0. The van der Waals surface area contributed by atoms with Crippen LogP contribution in [0.5, 0.6) is 5.75 Å². The molecule has 0 aliphatic carbocycles. The van der Waals surface area contributed by atoms with E-state index in [9.17, 15) is 9.59 Å². The van der Waals surface area contributed by atoms with E-state index in [0.29, 0.717) is 30.8 Å². The number of hydrogen-bond donors (Lipinski definition) is 1. The summed E-state index contributed by atoms with van der Waals surface area (Å²) in [7, 11) is 1.62. The number of hydrogen-bond acceptors (Lipinski definition) is 6. The number of ether oxygens (including phenoxy) is 1. The van der Waals surface area contributed by atoms with Crippen molar-refractivity contribution in [2.24, 2.45) is 0 Å². The molecule has 3 aromatic rings. The number of rotatable bonds is 9. The fourth-order valence-electron chi connectivity index (χ4n) is 2.91. The Labute approximate surface area is 174 Å². The Hall–Kier alpha value is -3.68. The van der Waals surface area contributed by atoms with Crippen molar-refractivity contribution in [3.8, 4) is 5.75 Å². The summed E-state index contributed by atoms with van der Waals surface area (Å²) in [5.74, 6) is 0.730. The number of methoxy groups -OCH3 is 1. The van der Waals surface area contributed by atoms with E-state index in [-0.39, 0.29) is 24.1 Å². The predicted octanol–water partition coefficient (Wildman–Crippen LogP) is 2.71. The molecule has 2 aromatic heterocycles. The summed E-state index contributed by atoms with van der Waals surface area (Å²) in [6, 6.07) is 12.7. The fourth-order valence-corrected chi connectivity index (χ4v) is 2.91. The summed E-state index contributed by atoms with van der Waals surface area (Å²) in [6.07, 6.45) is 3.80. The second-order valence-corrected chi connectivity index (χ2v) is 6.60. The Balaban J connectivity index is 1.75. The Morgan fingerprint density at radius 3 is 2.67 bits per heavy atom. The van der Waals surface area contributed by atoms with E-state index < -0.39 is 0 Å². The molecule has 156 valence electrons. The molecular weight excluding hydrogens is 384 g/mol. The van der Waals surface area contributed by atoms with Crippen molar-refractivity contribution in [1.29, 1.82) is 0 Å². The predicted molar refractivity (Wildman–Crippen MR) is 110 cm³/mol. The summed E-state index contributed by atoms with van der Waals surface area (Å²) in [5, 5.41) is 6.48. The second-order valence-electron chi connectivity index (χ2n) is 6.60. The van der Waals surface area contributed by atoms with Gasteiger partial charge in [0.25, 0.3) is 11.8 Å². The van der Waals surface area contributed by atoms with Crippen molar-refractivity contribution in [2.75, 3.05) is 20.2 Å². The molecule has 30 heavy (non-hydrogen) atoms. The minimum atomic E-state index is -0.309. The third-order valence-electron chi connectivity index (χ3n) is 4.50. The molecule has 0 radical (unpaired) electrons. The molecule has 0 bridgehead atoms. The van der Waals surface area contributed by atoms with Gasteiger partial charge in [-0.2, -0.15) is 0 Å². The zero-order chi connectivity index (χ0) is 21.3. The van der Waals surface area contributed by atoms with E-state index in [1.165, 1.54) is 6.20 Å². The standard InChI is InChI=1S/C22H24N4O4/c1-3-24-21(27)20-13-19(30-25-20)15-26(22(28)17-5-4-11-23-14-17)12-10-16-6-8-18(29-2)9-7-16/h4-9,11,13-14H,3,10,12,15H2,1-2H3,(H,24,27). The van der Waals surface area contributed by atoms with E-state index >= 15 is 0 Å². The molecule has 0 aliphatic heterocycles. The van der Waals surface area contributed by atoms with E-state index in [1.807, 2.05) is 31.2 Å². The van der Waals surface area contributed by atoms with E-state index in [1.54, 1.807) is 36.4 Å². The summed E-state index contributed by atoms with van der Waals surface area (Å²) in [5.41, 5.74) is 1.74. The summed E-state index contributed by atoms with van der Waals surface area (Å²) < 4.78 is 10.5. The van der Waals surface area contributed by atoms with Crippen molar-refractivity contribution in [2.45, 2.75) is 19.9 Å². The lowest BCUT2D eigenvalue weighted by atomic mass is 10.1. The number of carbonyl (C=O) groups is 2. The lowest BCUT2D eigenvalue weighted by molar-refractivity contribution is 0.0728. The average Bonchev–Trinajstić information content (AvgIpc) is 3.26. The number of nitrogens with zero attached hydrogens (tertiary/aromatic N) is 3. The zero-order valence-corrected chi connectivity index (χ0v) is 17.0. The molecular formula is C22H24N4O4. The molecule has 2 amide bonds. The molecule has 0 atom stereocenters. The average molecular weight is 408 g/mol. The SMILES string of the molecule is CCNC(=O)c1cc(CN(CCc2ccc(OC)cc2)C(=O)c2cccnc2)on1. The van der Waals surface area contributed by atoms with Gasteiger partial charge in [-0.25, -0.2) is 0 Å². The van der Waals surface area contributed by atoms with Crippen LogP contribution in [-0.4, -0.2) is 47.1 Å². The molecule has 0 saturated heterocycles. The minimum Gasteiger partial charge on any atom is -0.497 e. The van der Waals surface area contributed by atoms with Gasteiger partial charge in [0.1, 0.15) is 5.75 Å². The third kappa shape index (κ3) is 5.44. The van der Waals surface area contributed by atoms with Gasteiger partial charge >= 0.3 is 0 Å². The van der Waals surface area contributed by atoms with Gasteiger partial charge in [0.15, 0.2) is 11.5 Å². The van der Waals surface area contributed by atoms with Gasteiger partial charge in [-0.05, 0) is 43.2 Å². The highest BCUT2D eigenvalue weighted by Crippen LogP contribution is 2.15. The first-order valence-corrected chi connectivity index (χ1v) is 9.66. The Morgan fingerprint density at radius 2 is 2.00 bits per heavy atom. The Morgan fingerprint density at radius 1 is 1.20 bits per heavy atom. The first kappa shape index (κ1) is 21.0. The van der Waals surface area contributed by atoms with Crippen molar-refractivity contribution in [1.82, 2.24) is 20.4 Å². The highest BCUT2D eigenvalue weighted by molar-refractivity contribution is 5.94. The third-order valence-corrected chi connectivity index (χ3v) is 4.50. The van der Waals surface area contributed by atoms with Gasteiger partial charge in [-0.3, -0.25) is 14.6 Å². The highest BCUT2D eigenvalue weighted by Gasteiger charge is 2.20. The maximum Gasteiger partial charge on any atom is 0.273 e. The molecule has 0 aliphatic rings. The van der Waals surface area contributed by atoms with Crippen LogP contribution in [0, 0.1) is 0 Å². The molecule has 0 saturated carbocycles. The number of benzene rings is 1. The second kappa shape index (κ2) is 10.2. The van der Waals surface area contributed by atoms with Crippen LogP contribution in [0.2, 0.25) is 0 Å². The smallest absolute Gasteiger partial charge is 0.273 e. The van der Waals surface area contributed by atoms with E-state index in [4.69, 9.17) is 9.26 Å². The van der Waals surface area contributed by atoms with Crippen LogP contribution >= 0.6 is 0 Å². The summed E-state index contributed by atoms with van der Waals surface area (Å²) in [6.45, 7) is 2.97. The molecule has 3 rings (SSSR count). The van der Waals surface area contributed by atoms with Crippen LogP contribution in [0.15, 0.2) is 59.4 Å². The van der Waals surface area contributed by atoms with Crippen molar-refractivity contribution < 1.29 is 18.8 Å². The van der Waals surface area contributed by atoms with Gasteiger partial charge in [0.2, 0.25) is 0 Å². The first-order valence-electron chi connectivity index (χ1n) is 9.66. The first-order chi connectivity index (χ1) is 14.6. The van der Waals surface area contributed by atoms with Crippen LogP contribution < -0.4 is 10.1 Å². The van der Waals surface area contributed by atoms with Crippen LogP contribution in [0.3, 0.4) is 0 Å². The van der Waals surface area contributed by atoms with Gasteiger partial charge in [0.05, 0.1) is 19.2 Å². The van der Waals surface area contributed by atoms with Crippen molar-refractivity contribution >= 4 is 11.8 Å². The van der Waals surface area contributed by atoms with Gasteiger partial charge in [-0.1, -0.05) is 17.3 Å². The Kier molecular flexibility index (Phi) is 7.15. The van der Waals surface area contributed by atoms with Crippen molar-refractivity contribution in [3.05, 3.63) is 77.4 Å². The van der Waals surface area contributed by atoms with E-state index in [2.05, 4.69) is 15.5 Å². The monoisotopic (exact) mass is 408 g/mol. The molecule has 1 aromatic carbocycles. The van der Waals surface area contributed by atoms with Crippen LogP contribution in [0.1, 0.15) is 39.1 Å². The highest BCUT2D eigenvalue weighted by atomic mass is 16.5. The topological polar surface area (TPSA) is 97.6 Å². The number of nitrogens with one attached hydrogen (secondary N) is 1. The lowest BCUT2D eigenvalue weighted by Crippen LogP contribution is -2.32. The van der Waals surface area contributed by atoms with Gasteiger partial charge in [0, 0.05) is 31.5 Å². The van der Waals surface area contributed by atoms with E-state index in [0.717, 1.165) is 11.3 Å². The maximum atomic E-state index is 13.0. The quantitative estimate of drug-likeness (QED) is 0.585. The Bertz CT molecular complexity index is 970. The molecule has 8 heteroatoms. The van der Waals surface area contributed by atoms with Gasteiger partial charge in [-0.15, -0.1) is 0 Å². The number of pyridine rings is 1. The largest absolute Gasteiger partial charge is 0.497 e. The molecule has 8 nitrogen and oxygen atoms in total. The zero-order valence-electron chi connectivity index (χ0n) is 17.0. The van der Waals surface area contributed by atoms with Gasteiger partial charge < -0.3 is 19.5 Å². The lowest BCUT2D eigenvalue weighted by Gasteiger charge is -2.21. The minimum absolute atomic E-state index is 0.174. The number of carbonyl (C=O) groups excluding carboxylic acids is 2. The fraction of sp³-hybridized carbons (Fsp3) is 0.273. The molecule has 2 heterocycles. The molecule has 0 fully saturated rings. The molecule has 1 N–H and O–H groups in total. The molecule has 0 unspecified atom stereocenters. The van der Waals surface area contributed by atoms with Crippen molar-refractivity contribution in [3.63, 3.8) is 0 Å². The van der Waals surface area contributed by atoms with Crippen LogP contribution in [0.25, 0.3) is 0 Å². The normalized spacial score (nSPS) is 10.5. The summed E-state index contributed by atoms with van der Waals surface area (Å²) in [4.78, 5) is 30.7. The molecule has 0 spiro atoms.